The molecule has 0 amide bonds. The van der Waals surface area contributed by atoms with Crippen LogP contribution >= 0.6 is 0 Å². The molecule has 28 heavy (non-hydrogen) atoms. The first-order valence-electron chi connectivity index (χ1n) is 9.43. The van der Waals surface area contributed by atoms with Gasteiger partial charge in [0.25, 0.3) is 0 Å². The lowest BCUT2D eigenvalue weighted by Gasteiger charge is -2.15. The predicted octanol–water partition coefficient (Wildman–Crippen LogP) is 4.11. The van der Waals surface area contributed by atoms with Crippen LogP contribution < -0.4 is 5.73 Å². The fraction of sp³-hybridized carbons (Fsp3) is 0.238. The topological polar surface area (TPSA) is 90.9 Å². The molecule has 0 bridgehead atoms. The van der Waals surface area contributed by atoms with Gasteiger partial charge >= 0.3 is 0 Å². The molecule has 5 rings (SSSR count). The van der Waals surface area contributed by atoms with Gasteiger partial charge in [0, 0.05) is 6.04 Å². The molecule has 4 aromatic rings. The van der Waals surface area contributed by atoms with Crippen molar-refractivity contribution in [2.75, 3.05) is 5.73 Å². The Morgan fingerprint density at radius 3 is 2.18 bits per heavy atom. The first-order chi connectivity index (χ1) is 13.6. The van der Waals surface area contributed by atoms with Gasteiger partial charge < -0.3 is 10.3 Å². The molecule has 0 aliphatic heterocycles. The van der Waals surface area contributed by atoms with Crippen molar-refractivity contribution < 1.29 is 8.42 Å². The maximum absolute atomic E-state index is 13.5. The Morgan fingerprint density at radius 1 is 0.893 bits per heavy atom. The van der Waals surface area contributed by atoms with Crippen molar-refractivity contribution >= 4 is 37.9 Å². The van der Waals surface area contributed by atoms with Crippen LogP contribution in [-0.4, -0.2) is 23.0 Å². The number of sulfone groups is 1. The fourth-order valence-electron chi connectivity index (χ4n) is 4.17. The molecule has 6 nitrogen and oxygen atoms in total. The zero-order valence-electron chi connectivity index (χ0n) is 15.2. The summed E-state index contributed by atoms with van der Waals surface area (Å²) in [4.78, 5) is 9.73. The van der Waals surface area contributed by atoms with Gasteiger partial charge in [0.15, 0.2) is 5.65 Å². The average Bonchev–Trinajstić information content (AvgIpc) is 3.32. The number of hydrogen-bond acceptors (Lipinski definition) is 5. The number of rotatable bonds is 3. The third-order valence-corrected chi connectivity index (χ3v) is 7.33. The van der Waals surface area contributed by atoms with Crippen LogP contribution in [0, 0.1) is 0 Å². The van der Waals surface area contributed by atoms with Crippen molar-refractivity contribution in [3.63, 3.8) is 0 Å². The molecule has 2 aromatic carbocycles. The quantitative estimate of drug-likeness (QED) is 0.566. The SMILES string of the molecule is Nc1c(S(=O)(=O)c2ccccc2)c2nc3ccccc3nc2n1C1CCCC1. The van der Waals surface area contributed by atoms with E-state index in [0.717, 1.165) is 31.2 Å². The molecule has 1 aliphatic carbocycles. The minimum atomic E-state index is -3.82. The van der Waals surface area contributed by atoms with Gasteiger partial charge in [-0.25, -0.2) is 18.4 Å². The van der Waals surface area contributed by atoms with Gasteiger partial charge in [-0.2, -0.15) is 0 Å². The largest absolute Gasteiger partial charge is 0.384 e. The van der Waals surface area contributed by atoms with Crippen LogP contribution in [0.2, 0.25) is 0 Å². The number of benzene rings is 2. The smallest absolute Gasteiger partial charge is 0.212 e. The number of anilines is 1. The van der Waals surface area contributed by atoms with Crippen LogP contribution in [-0.2, 0) is 9.84 Å². The van der Waals surface area contributed by atoms with E-state index < -0.39 is 9.84 Å². The summed E-state index contributed by atoms with van der Waals surface area (Å²) in [5.74, 6) is 0.237. The maximum Gasteiger partial charge on any atom is 0.212 e. The van der Waals surface area contributed by atoms with E-state index >= 15 is 0 Å². The summed E-state index contributed by atoms with van der Waals surface area (Å²) < 4.78 is 28.8. The second-order valence-corrected chi connectivity index (χ2v) is 9.11. The molecule has 2 heterocycles. The first kappa shape index (κ1) is 17.2. The monoisotopic (exact) mass is 392 g/mol. The molecule has 0 radical (unpaired) electrons. The molecule has 1 aliphatic rings. The number of nitrogens with zero attached hydrogens (tertiary/aromatic N) is 3. The number of hydrogen-bond donors (Lipinski definition) is 1. The van der Waals surface area contributed by atoms with Crippen molar-refractivity contribution in [2.45, 2.75) is 41.5 Å². The fourth-order valence-corrected chi connectivity index (χ4v) is 5.69. The van der Waals surface area contributed by atoms with Gasteiger partial charge in [-0.15, -0.1) is 0 Å². The van der Waals surface area contributed by atoms with Crippen LogP contribution in [0.5, 0.6) is 0 Å². The highest BCUT2D eigenvalue weighted by Crippen LogP contribution is 2.41. The van der Waals surface area contributed by atoms with Crippen LogP contribution in [0.15, 0.2) is 64.4 Å². The second-order valence-electron chi connectivity index (χ2n) is 7.22. The standard InChI is InChI=1S/C21H20N4O2S/c22-20-19(28(26,27)15-10-2-1-3-11-15)18-21(25(20)14-8-4-5-9-14)24-17-13-7-6-12-16(17)23-18/h1-3,6-7,10-14H,4-5,8-9,22H2. The van der Waals surface area contributed by atoms with Crippen molar-refractivity contribution in [1.82, 2.24) is 14.5 Å². The van der Waals surface area contributed by atoms with E-state index in [1.54, 1.807) is 30.3 Å². The maximum atomic E-state index is 13.5. The summed E-state index contributed by atoms with van der Waals surface area (Å²) in [5.41, 5.74) is 8.78. The normalized spacial score (nSPS) is 15.6. The van der Waals surface area contributed by atoms with Gasteiger partial charge in [0.2, 0.25) is 9.84 Å². The third-order valence-electron chi connectivity index (χ3n) is 5.50. The van der Waals surface area contributed by atoms with E-state index in [4.69, 9.17) is 10.7 Å². The highest BCUT2D eigenvalue weighted by molar-refractivity contribution is 7.92. The Morgan fingerprint density at radius 2 is 1.50 bits per heavy atom. The Balaban J connectivity index is 1.88. The van der Waals surface area contributed by atoms with E-state index in [1.165, 1.54) is 0 Å². The molecule has 0 saturated heterocycles. The molecule has 0 spiro atoms. The highest BCUT2D eigenvalue weighted by atomic mass is 32.2. The van der Waals surface area contributed by atoms with Crippen molar-refractivity contribution in [1.29, 1.82) is 0 Å². The van der Waals surface area contributed by atoms with E-state index in [0.29, 0.717) is 16.7 Å². The number of aromatic nitrogens is 3. The van der Waals surface area contributed by atoms with Gasteiger partial charge in [-0.05, 0) is 37.1 Å². The Bertz CT molecular complexity index is 1290. The van der Waals surface area contributed by atoms with Gasteiger partial charge in [0.1, 0.15) is 16.2 Å². The van der Waals surface area contributed by atoms with E-state index in [9.17, 15) is 8.42 Å². The van der Waals surface area contributed by atoms with Crippen LogP contribution in [0.25, 0.3) is 22.2 Å². The summed E-state index contributed by atoms with van der Waals surface area (Å²) in [6.07, 6.45) is 4.14. The predicted molar refractivity (Wildman–Crippen MR) is 109 cm³/mol. The molecular formula is C21H20N4O2S. The summed E-state index contributed by atoms with van der Waals surface area (Å²) in [7, 11) is -3.82. The van der Waals surface area contributed by atoms with Crippen LogP contribution in [0.3, 0.4) is 0 Å². The molecule has 0 unspecified atom stereocenters. The van der Waals surface area contributed by atoms with Gasteiger partial charge in [-0.3, -0.25) is 0 Å². The molecule has 2 aromatic heterocycles. The number of nitrogens with two attached hydrogens (primary N) is 1. The number of nitrogen functional groups attached to an aromatic ring is 1. The molecule has 1 saturated carbocycles. The van der Waals surface area contributed by atoms with Crippen molar-refractivity contribution in [3.05, 3.63) is 54.6 Å². The second kappa shape index (κ2) is 6.31. The van der Waals surface area contributed by atoms with Crippen LogP contribution in [0.1, 0.15) is 31.7 Å². The molecule has 142 valence electrons. The third kappa shape index (κ3) is 2.50. The molecular weight excluding hydrogens is 372 g/mol. The lowest BCUT2D eigenvalue weighted by Crippen LogP contribution is -2.11. The minimum absolute atomic E-state index is 0.0684. The van der Waals surface area contributed by atoms with Gasteiger partial charge in [0.05, 0.1) is 15.9 Å². The summed E-state index contributed by atoms with van der Waals surface area (Å²) in [5, 5.41) is 0. The molecule has 1 fully saturated rings. The molecule has 2 N–H and O–H groups in total. The number of fused-ring (bicyclic) bond motifs is 2. The Kier molecular flexibility index (Phi) is 3.87. The van der Waals surface area contributed by atoms with Crippen molar-refractivity contribution in [2.24, 2.45) is 0 Å². The Hall–Kier alpha value is -2.93. The number of para-hydroxylation sites is 2. The van der Waals surface area contributed by atoms with E-state index in [2.05, 4.69) is 4.98 Å². The zero-order chi connectivity index (χ0) is 19.3. The van der Waals surface area contributed by atoms with E-state index in [-0.39, 0.29) is 21.7 Å². The minimum Gasteiger partial charge on any atom is -0.384 e. The first-order valence-corrected chi connectivity index (χ1v) is 10.9. The summed E-state index contributed by atoms with van der Waals surface area (Å²) in [6, 6.07) is 16.0. The summed E-state index contributed by atoms with van der Waals surface area (Å²) in [6.45, 7) is 0. The lowest BCUT2D eigenvalue weighted by molar-refractivity contribution is 0.536. The summed E-state index contributed by atoms with van der Waals surface area (Å²) >= 11 is 0. The molecule has 0 atom stereocenters. The van der Waals surface area contributed by atoms with Crippen LogP contribution in [0.4, 0.5) is 5.82 Å². The van der Waals surface area contributed by atoms with E-state index in [1.807, 2.05) is 28.8 Å². The molecule has 7 heteroatoms. The van der Waals surface area contributed by atoms with Gasteiger partial charge in [-0.1, -0.05) is 43.2 Å². The highest BCUT2D eigenvalue weighted by Gasteiger charge is 2.33. The Labute approximate surface area is 162 Å². The lowest BCUT2D eigenvalue weighted by atomic mass is 10.2. The average molecular weight is 392 g/mol. The zero-order valence-corrected chi connectivity index (χ0v) is 16.1. The van der Waals surface area contributed by atoms with Crippen molar-refractivity contribution in [3.8, 4) is 0 Å².